The van der Waals surface area contributed by atoms with Gasteiger partial charge >= 0.3 is 5.97 Å². The Hall–Kier alpha value is -2.47. The first-order valence-electron chi connectivity index (χ1n) is 7.38. The van der Waals surface area contributed by atoms with Gasteiger partial charge in [-0.05, 0) is 19.4 Å². The molecule has 0 spiro atoms. The molecule has 5 nitrogen and oxygen atoms in total. The van der Waals surface area contributed by atoms with Gasteiger partial charge in [0.2, 0.25) is 0 Å². The molecule has 2 heterocycles. The summed E-state index contributed by atoms with van der Waals surface area (Å²) in [5.41, 5.74) is 3.97. The third-order valence-corrected chi connectivity index (χ3v) is 4.44. The Bertz CT molecular complexity index is 805. The lowest BCUT2D eigenvalue weighted by molar-refractivity contribution is 0.0461. The molecule has 0 aliphatic rings. The van der Waals surface area contributed by atoms with Gasteiger partial charge in [-0.2, -0.15) is 5.10 Å². The fourth-order valence-corrected chi connectivity index (χ4v) is 2.82. The molecule has 6 heteroatoms. The number of rotatable bonds is 5. The highest BCUT2D eigenvalue weighted by molar-refractivity contribution is 7.09. The van der Waals surface area contributed by atoms with Gasteiger partial charge in [0.05, 0.1) is 16.4 Å². The summed E-state index contributed by atoms with van der Waals surface area (Å²) in [6.45, 7) is 4.25. The van der Waals surface area contributed by atoms with Gasteiger partial charge in [0, 0.05) is 10.9 Å². The van der Waals surface area contributed by atoms with E-state index in [4.69, 9.17) is 4.74 Å². The van der Waals surface area contributed by atoms with E-state index in [0.29, 0.717) is 5.69 Å². The number of nitrogens with zero attached hydrogens (tertiary/aromatic N) is 2. The second kappa shape index (κ2) is 6.75. The van der Waals surface area contributed by atoms with E-state index in [2.05, 4.69) is 15.2 Å². The lowest BCUT2D eigenvalue weighted by atomic mass is 10.1. The maximum absolute atomic E-state index is 12.1. The monoisotopic (exact) mass is 327 g/mol. The molecule has 2 aromatic heterocycles. The molecule has 0 atom stereocenters. The molecule has 0 saturated carbocycles. The molecule has 0 amide bonds. The summed E-state index contributed by atoms with van der Waals surface area (Å²) < 4.78 is 5.27. The van der Waals surface area contributed by atoms with Crippen LogP contribution in [0.3, 0.4) is 0 Å². The third kappa shape index (κ3) is 3.65. The molecule has 0 bridgehead atoms. The Balaban J connectivity index is 1.65. The molecule has 0 unspecified atom stereocenters. The van der Waals surface area contributed by atoms with Crippen molar-refractivity contribution in [3.63, 3.8) is 0 Å². The average molecular weight is 327 g/mol. The Morgan fingerprint density at radius 1 is 1.30 bits per heavy atom. The smallest absolute Gasteiger partial charge is 0.356 e. The van der Waals surface area contributed by atoms with E-state index in [-0.39, 0.29) is 6.61 Å². The molecular weight excluding hydrogens is 310 g/mol. The molecule has 3 aromatic rings. The van der Waals surface area contributed by atoms with Crippen LogP contribution in [0.25, 0.3) is 11.3 Å². The largest absolute Gasteiger partial charge is 0.454 e. The van der Waals surface area contributed by atoms with Gasteiger partial charge in [-0.15, -0.1) is 11.3 Å². The van der Waals surface area contributed by atoms with Crippen LogP contribution in [0.1, 0.15) is 33.7 Å². The predicted molar refractivity (Wildman–Crippen MR) is 89.4 cm³/mol. The number of aromatic nitrogens is 3. The zero-order valence-corrected chi connectivity index (χ0v) is 13.8. The van der Waals surface area contributed by atoms with Crippen molar-refractivity contribution in [1.82, 2.24) is 15.2 Å². The number of esters is 1. The lowest BCUT2D eigenvalue weighted by Crippen LogP contribution is -2.06. The fraction of sp³-hybridized carbons (Fsp3) is 0.235. The van der Waals surface area contributed by atoms with E-state index >= 15 is 0 Å². The van der Waals surface area contributed by atoms with Crippen molar-refractivity contribution in [3.8, 4) is 11.3 Å². The minimum atomic E-state index is -0.429. The number of nitrogens with one attached hydrogen (secondary N) is 1. The van der Waals surface area contributed by atoms with Gasteiger partial charge < -0.3 is 4.74 Å². The SMILES string of the molecule is CCc1nc(COC(=O)c2cc(-c3ccc(C)cc3)n[nH]2)cs1. The number of benzene rings is 1. The summed E-state index contributed by atoms with van der Waals surface area (Å²) in [5, 5.41) is 9.85. The summed E-state index contributed by atoms with van der Waals surface area (Å²) in [7, 11) is 0. The second-order valence-corrected chi connectivity index (χ2v) is 6.14. The topological polar surface area (TPSA) is 67.9 Å². The number of carbonyl (C=O) groups is 1. The quantitative estimate of drug-likeness (QED) is 0.725. The first kappa shape index (κ1) is 15.4. The van der Waals surface area contributed by atoms with Crippen molar-refractivity contribution >= 4 is 17.3 Å². The number of thiazole rings is 1. The van der Waals surface area contributed by atoms with Crippen LogP contribution in [0.4, 0.5) is 0 Å². The Morgan fingerprint density at radius 3 is 2.78 bits per heavy atom. The molecule has 1 N–H and O–H groups in total. The number of carbonyl (C=O) groups excluding carboxylic acids is 1. The van der Waals surface area contributed by atoms with Crippen molar-refractivity contribution in [2.75, 3.05) is 0 Å². The summed E-state index contributed by atoms with van der Waals surface area (Å²) >= 11 is 1.58. The third-order valence-electron chi connectivity index (χ3n) is 3.40. The van der Waals surface area contributed by atoms with E-state index in [9.17, 15) is 4.79 Å². The van der Waals surface area contributed by atoms with E-state index in [1.807, 2.05) is 43.5 Å². The predicted octanol–water partition coefficient (Wildman–Crippen LogP) is 3.76. The second-order valence-electron chi connectivity index (χ2n) is 5.20. The van der Waals surface area contributed by atoms with Crippen LogP contribution in [0, 0.1) is 6.92 Å². The molecule has 1 aromatic carbocycles. The molecule has 0 radical (unpaired) electrons. The highest BCUT2D eigenvalue weighted by Crippen LogP contribution is 2.19. The van der Waals surface area contributed by atoms with Crippen molar-refractivity contribution in [2.45, 2.75) is 26.9 Å². The van der Waals surface area contributed by atoms with Crippen molar-refractivity contribution in [2.24, 2.45) is 0 Å². The molecule has 0 aliphatic heterocycles. The average Bonchev–Trinajstić information content (AvgIpc) is 3.22. The Labute approximate surface area is 138 Å². The molecule has 3 rings (SSSR count). The van der Waals surface area contributed by atoms with Crippen LogP contribution in [0.5, 0.6) is 0 Å². The first-order chi connectivity index (χ1) is 11.2. The van der Waals surface area contributed by atoms with Crippen molar-refractivity contribution in [3.05, 3.63) is 57.7 Å². The number of hydrogen-bond donors (Lipinski definition) is 1. The van der Waals surface area contributed by atoms with Crippen LogP contribution >= 0.6 is 11.3 Å². The van der Waals surface area contributed by atoms with E-state index in [1.165, 1.54) is 5.56 Å². The van der Waals surface area contributed by atoms with E-state index in [0.717, 1.165) is 28.4 Å². The minimum Gasteiger partial charge on any atom is -0.454 e. The molecule has 0 fully saturated rings. The van der Waals surface area contributed by atoms with Crippen LogP contribution in [-0.4, -0.2) is 21.2 Å². The van der Waals surface area contributed by atoms with Crippen molar-refractivity contribution < 1.29 is 9.53 Å². The zero-order valence-electron chi connectivity index (χ0n) is 13.0. The lowest BCUT2D eigenvalue weighted by Gasteiger charge is -2.00. The van der Waals surface area contributed by atoms with Crippen LogP contribution in [-0.2, 0) is 17.8 Å². The molecule has 118 valence electrons. The minimum absolute atomic E-state index is 0.175. The summed E-state index contributed by atoms with van der Waals surface area (Å²) in [6.07, 6.45) is 0.888. The molecular formula is C17H17N3O2S. The number of aryl methyl sites for hydroxylation is 2. The van der Waals surface area contributed by atoms with E-state index in [1.54, 1.807) is 17.4 Å². The maximum Gasteiger partial charge on any atom is 0.356 e. The first-order valence-corrected chi connectivity index (χ1v) is 8.26. The zero-order chi connectivity index (χ0) is 16.2. The molecule has 23 heavy (non-hydrogen) atoms. The highest BCUT2D eigenvalue weighted by atomic mass is 32.1. The van der Waals surface area contributed by atoms with Crippen LogP contribution in [0.15, 0.2) is 35.7 Å². The van der Waals surface area contributed by atoms with Crippen LogP contribution < -0.4 is 0 Å². The van der Waals surface area contributed by atoms with Crippen molar-refractivity contribution in [1.29, 1.82) is 0 Å². The fourth-order valence-electron chi connectivity index (χ4n) is 2.09. The Kier molecular flexibility index (Phi) is 4.52. The van der Waals surface area contributed by atoms with Crippen LogP contribution in [0.2, 0.25) is 0 Å². The summed E-state index contributed by atoms with van der Waals surface area (Å²) in [4.78, 5) is 16.4. The summed E-state index contributed by atoms with van der Waals surface area (Å²) in [5.74, 6) is -0.429. The number of aromatic amines is 1. The van der Waals surface area contributed by atoms with Gasteiger partial charge in [0.15, 0.2) is 0 Å². The van der Waals surface area contributed by atoms with Gasteiger partial charge in [-0.25, -0.2) is 9.78 Å². The summed E-state index contributed by atoms with van der Waals surface area (Å²) in [6, 6.07) is 9.67. The molecule has 0 saturated heterocycles. The van der Waals surface area contributed by atoms with Gasteiger partial charge in [0.1, 0.15) is 12.3 Å². The molecule has 0 aliphatic carbocycles. The number of ether oxygens (including phenoxy) is 1. The number of H-pyrrole nitrogens is 1. The number of hydrogen-bond acceptors (Lipinski definition) is 5. The van der Waals surface area contributed by atoms with E-state index < -0.39 is 5.97 Å². The van der Waals surface area contributed by atoms with Gasteiger partial charge in [0.25, 0.3) is 0 Å². The van der Waals surface area contributed by atoms with Gasteiger partial charge in [-0.3, -0.25) is 5.10 Å². The Morgan fingerprint density at radius 2 is 2.09 bits per heavy atom. The highest BCUT2D eigenvalue weighted by Gasteiger charge is 2.13. The standard InChI is InChI=1S/C17H17N3O2S/c1-3-16-18-13(10-23-16)9-22-17(21)15-8-14(19-20-15)12-6-4-11(2)5-7-12/h4-8,10H,3,9H2,1-2H3,(H,19,20). The maximum atomic E-state index is 12.1. The normalized spacial score (nSPS) is 10.7. The van der Waals surface area contributed by atoms with Gasteiger partial charge in [-0.1, -0.05) is 36.8 Å².